The first-order valence-corrected chi connectivity index (χ1v) is 13.9. The molecule has 2 aromatic carbocycles. The van der Waals surface area contributed by atoms with E-state index in [1.165, 1.54) is 22.5 Å². The summed E-state index contributed by atoms with van der Waals surface area (Å²) in [5, 5.41) is 19.1. The number of aryl methyl sites for hydroxylation is 1. The highest BCUT2D eigenvalue weighted by Gasteiger charge is 2.34. The van der Waals surface area contributed by atoms with Gasteiger partial charge in [0, 0.05) is 19.3 Å². The fourth-order valence-electron chi connectivity index (χ4n) is 5.01. The number of aromatic carboxylic acids is 1. The molecule has 1 N–H and O–H groups in total. The van der Waals surface area contributed by atoms with E-state index < -0.39 is 16.0 Å². The van der Waals surface area contributed by atoms with Crippen molar-refractivity contribution in [3.05, 3.63) is 53.1 Å². The highest BCUT2D eigenvalue weighted by atomic mass is 32.2. The van der Waals surface area contributed by atoms with Gasteiger partial charge in [0.05, 0.1) is 28.8 Å². The van der Waals surface area contributed by atoms with E-state index in [1.807, 2.05) is 0 Å². The van der Waals surface area contributed by atoms with Crippen LogP contribution in [0.1, 0.15) is 66.4 Å². The average molecular weight is 513 g/mol. The maximum absolute atomic E-state index is 14.0. The van der Waals surface area contributed by atoms with Crippen LogP contribution in [0.2, 0.25) is 0 Å². The Kier molecular flexibility index (Phi) is 8.17. The van der Waals surface area contributed by atoms with Crippen molar-refractivity contribution in [2.24, 2.45) is 5.92 Å². The molecule has 36 heavy (non-hydrogen) atoms. The maximum atomic E-state index is 14.0. The Morgan fingerprint density at radius 1 is 1.11 bits per heavy atom. The van der Waals surface area contributed by atoms with Gasteiger partial charge in [-0.25, -0.2) is 13.2 Å². The Balaban J connectivity index is 1.70. The second kappa shape index (κ2) is 11.3. The molecule has 0 bridgehead atoms. The van der Waals surface area contributed by atoms with Crippen LogP contribution in [-0.4, -0.2) is 45.4 Å². The van der Waals surface area contributed by atoms with Gasteiger partial charge in [-0.3, -0.25) is 4.31 Å². The van der Waals surface area contributed by atoms with Crippen LogP contribution in [0.4, 0.5) is 5.69 Å². The first-order chi connectivity index (χ1) is 17.3. The number of benzene rings is 2. The topological polar surface area (TPSA) is 117 Å². The maximum Gasteiger partial charge on any atom is 0.339 e. The number of hydrogen-bond acceptors (Lipinski definition) is 6. The van der Waals surface area contributed by atoms with Crippen molar-refractivity contribution >= 4 is 21.7 Å². The monoisotopic (exact) mass is 512 g/mol. The van der Waals surface area contributed by atoms with Gasteiger partial charge in [-0.15, -0.1) is 0 Å². The molecule has 0 radical (unpaired) electrons. The molecule has 2 aromatic rings. The largest absolute Gasteiger partial charge is 0.492 e. The van der Waals surface area contributed by atoms with Gasteiger partial charge in [0.15, 0.2) is 0 Å². The summed E-state index contributed by atoms with van der Waals surface area (Å²) >= 11 is 0. The molecule has 1 saturated carbocycles. The lowest BCUT2D eigenvalue weighted by atomic mass is 9.95. The molecule has 1 heterocycles. The third kappa shape index (κ3) is 5.66. The van der Waals surface area contributed by atoms with Gasteiger partial charge in [0.1, 0.15) is 11.3 Å². The number of hydrogen-bond donors (Lipinski definition) is 1. The predicted octanol–water partition coefficient (Wildman–Crippen LogP) is 4.90. The van der Waals surface area contributed by atoms with Gasteiger partial charge in [0.2, 0.25) is 0 Å². The molecule has 8 nitrogen and oxygen atoms in total. The van der Waals surface area contributed by atoms with Crippen molar-refractivity contribution in [3.8, 4) is 11.8 Å². The van der Waals surface area contributed by atoms with E-state index in [-0.39, 0.29) is 28.2 Å². The molecule has 1 aliphatic heterocycles. The molecule has 0 unspecified atom stereocenters. The molecule has 9 heteroatoms. The van der Waals surface area contributed by atoms with E-state index >= 15 is 0 Å². The number of sulfonamides is 1. The molecule has 192 valence electrons. The first-order valence-electron chi connectivity index (χ1n) is 12.4. The Labute approximate surface area is 212 Å². The fourth-order valence-corrected chi connectivity index (χ4v) is 6.81. The molecular formula is C27H32N2O6S. The third-order valence-electron chi connectivity index (χ3n) is 7.02. The summed E-state index contributed by atoms with van der Waals surface area (Å²) in [5.74, 6) is -0.815. The van der Waals surface area contributed by atoms with Gasteiger partial charge < -0.3 is 14.6 Å². The number of carboxylic acid groups (broad SMARTS) is 1. The standard InChI is InChI=1S/C27H32N2O6S/c1-19-15-21(17-28)7-9-25(19)29(22-5-3-2-4-6-22)36(32,33)23-8-10-26(24(16-23)27(30)31)35-18-20-11-13-34-14-12-20/h7-10,15-16,20,22H,2-6,11-14,18H2,1H3,(H,30,31). The van der Waals surface area contributed by atoms with E-state index in [1.54, 1.807) is 25.1 Å². The second-order valence-electron chi connectivity index (χ2n) is 9.54. The zero-order chi connectivity index (χ0) is 25.7. The molecule has 2 fully saturated rings. The number of nitrogens with zero attached hydrogens (tertiary/aromatic N) is 2. The molecule has 0 spiro atoms. The summed E-state index contributed by atoms with van der Waals surface area (Å²) in [6.07, 6.45) is 6.02. The molecule has 0 amide bonds. The number of carboxylic acids is 1. The van der Waals surface area contributed by atoms with Crippen LogP contribution in [-0.2, 0) is 14.8 Å². The van der Waals surface area contributed by atoms with E-state index in [0.717, 1.165) is 44.9 Å². The van der Waals surface area contributed by atoms with Crippen molar-refractivity contribution in [1.82, 2.24) is 0 Å². The number of ether oxygens (including phenoxy) is 2. The third-order valence-corrected chi connectivity index (χ3v) is 8.89. The minimum absolute atomic E-state index is 0.0901. The summed E-state index contributed by atoms with van der Waals surface area (Å²) in [7, 11) is -4.09. The average Bonchev–Trinajstić information content (AvgIpc) is 2.89. The summed E-state index contributed by atoms with van der Waals surface area (Å²) in [5.41, 5.74) is 1.47. The van der Waals surface area contributed by atoms with Gasteiger partial charge in [0.25, 0.3) is 10.0 Å². The van der Waals surface area contributed by atoms with E-state index in [2.05, 4.69) is 6.07 Å². The highest BCUT2D eigenvalue weighted by molar-refractivity contribution is 7.92. The minimum Gasteiger partial charge on any atom is -0.492 e. The van der Waals surface area contributed by atoms with Crippen LogP contribution in [0.3, 0.4) is 0 Å². The number of carbonyl (C=O) groups is 1. The normalized spacial score (nSPS) is 17.3. The summed E-state index contributed by atoms with van der Waals surface area (Å²) in [6.45, 7) is 3.46. The van der Waals surface area contributed by atoms with Gasteiger partial charge in [-0.05, 0) is 80.5 Å². The Bertz CT molecular complexity index is 1240. The SMILES string of the molecule is Cc1cc(C#N)ccc1N(C1CCCCC1)S(=O)(=O)c1ccc(OCC2CCOCC2)c(C(=O)O)c1. The number of rotatable bonds is 8. The summed E-state index contributed by atoms with van der Waals surface area (Å²) in [4.78, 5) is 12.0. The van der Waals surface area contributed by atoms with Crippen molar-refractivity contribution < 1.29 is 27.8 Å². The zero-order valence-electron chi connectivity index (χ0n) is 20.5. The zero-order valence-corrected chi connectivity index (χ0v) is 21.3. The fraction of sp³-hybridized carbons (Fsp3) is 0.481. The molecule has 1 aliphatic carbocycles. The van der Waals surface area contributed by atoms with Gasteiger partial charge in [-0.1, -0.05) is 19.3 Å². The van der Waals surface area contributed by atoms with Crippen molar-refractivity contribution in [3.63, 3.8) is 0 Å². The lowest BCUT2D eigenvalue weighted by Gasteiger charge is -2.36. The molecular weight excluding hydrogens is 480 g/mol. The molecule has 4 rings (SSSR count). The summed E-state index contributed by atoms with van der Waals surface area (Å²) < 4.78 is 40.7. The lowest BCUT2D eigenvalue weighted by molar-refractivity contribution is 0.0490. The number of anilines is 1. The van der Waals surface area contributed by atoms with Crippen molar-refractivity contribution in [1.29, 1.82) is 5.26 Å². The first kappa shape index (κ1) is 26.0. The van der Waals surface area contributed by atoms with Crippen LogP contribution in [0.5, 0.6) is 5.75 Å². The van der Waals surface area contributed by atoms with Gasteiger partial charge in [-0.2, -0.15) is 5.26 Å². The smallest absolute Gasteiger partial charge is 0.339 e. The molecule has 0 atom stereocenters. The molecule has 0 aromatic heterocycles. The van der Waals surface area contributed by atoms with Crippen molar-refractivity contribution in [2.75, 3.05) is 24.1 Å². The summed E-state index contributed by atoms with van der Waals surface area (Å²) in [6, 6.07) is 10.9. The highest BCUT2D eigenvalue weighted by Crippen LogP contribution is 2.36. The van der Waals surface area contributed by atoms with E-state index in [9.17, 15) is 23.6 Å². The quantitative estimate of drug-likeness (QED) is 0.535. The van der Waals surface area contributed by atoms with Crippen LogP contribution in [0.25, 0.3) is 0 Å². The van der Waals surface area contributed by atoms with Crippen LogP contribution in [0, 0.1) is 24.2 Å². The van der Waals surface area contributed by atoms with E-state index in [4.69, 9.17) is 9.47 Å². The van der Waals surface area contributed by atoms with Gasteiger partial charge >= 0.3 is 5.97 Å². The van der Waals surface area contributed by atoms with Crippen LogP contribution >= 0.6 is 0 Å². The second-order valence-corrected chi connectivity index (χ2v) is 11.4. The van der Waals surface area contributed by atoms with Crippen LogP contribution in [0.15, 0.2) is 41.3 Å². The van der Waals surface area contributed by atoms with E-state index in [0.29, 0.717) is 36.6 Å². The lowest BCUT2D eigenvalue weighted by Crippen LogP contribution is -2.42. The van der Waals surface area contributed by atoms with Crippen LogP contribution < -0.4 is 9.04 Å². The molecule has 1 saturated heterocycles. The molecule has 2 aliphatic rings. The minimum atomic E-state index is -4.09. The Hall–Kier alpha value is -3.09. The number of nitriles is 1. The predicted molar refractivity (Wildman–Crippen MR) is 135 cm³/mol. The Morgan fingerprint density at radius 3 is 2.47 bits per heavy atom. The van der Waals surface area contributed by atoms with Crippen molar-refractivity contribution in [2.45, 2.75) is 62.8 Å². The Morgan fingerprint density at radius 2 is 1.83 bits per heavy atom.